The summed E-state index contributed by atoms with van der Waals surface area (Å²) in [7, 11) is 0. The van der Waals surface area contributed by atoms with Gasteiger partial charge in [0.25, 0.3) is 70.9 Å². The maximum atomic E-state index is 14.9. The predicted molar refractivity (Wildman–Crippen MR) is 341 cm³/mol. The fourth-order valence-electron chi connectivity index (χ4n) is 19.4. The SMILES string of the molecule is C[C@@H](C(=O)[O-])N1C(=O)c2cc3c(cc2C1=O)C1c2cc4c(cc2C3c2c3c(c5c(c21)C1c2cc6c(cc2C5c2cc5c(cc21)C(=O)N([C@@H](C)C(=O)[O-])C5=O)C(=O)N([C@@H](C)C(=O)[O-])C6=O)C1c2cc5c(cc2C3c2cc3c(cc21)C(=O)N([C@@H](C)C(=O)[O-])C3=O)C(=O)N([C@@H](C)C(=O)[O-])C5=O)C(=O)N([C@@H](C)C(=O)[O-])C4=O.[Na+].[Na+].[Na+].[Na+].[Na+].[Na+]. The summed E-state index contributed by atoms with van der Waals surface area (Å²) in [6.07, 6.45) is 0. The number of imide groups is 6. The average molecular weight is 1590 g/mol. The molecule has 22 rings (SSSR count). The Morgan fingerprint density at radius 2 is 0.281 bits per heavy atom. The molecule has 7 aromatic carbocycles. The Balaban J connectivity index is 0.00000189. The Bertz CT molecular complexity index is 4880. The van der Waals surface area contributed by atoms with E-state index < -0.39 is 178 Å². The van der Waals surface area contributed by atoms with E-state index in [0.717, 1.165) is 41.5 Å². The quantitative estimate of drug-likeness (QED) is 0.0809. The first-order valence-corrected chi connectivity index (χ1v) is 34.0. The van der Waals surface area contributed by atoms with Crippen LogP contribution in [0.25, 0.3) is 0 Å². The van der Waals surface area contributed by atoms with Gasteiger partial charge < -0.3 is 59.4 Å². The molecule has 36 heteroatoms. The van der Waals surface area contributed by atoms with Crippen LogP contribution in [0, 0.1) is 0 Å². The molecule has 534 valence electrons. The normalized spacial score (nSPS) is 21.3. The zero-order valence-electron chi connectivity index (χ0n) is 62.3. The Hall–Kier alpha value is -7.80. The van der Waals surface area contributed by atoms with Crippen molar-refractivity contribution in [2.75, 3.05) is 0 Å². The molecule has 15 aliphatic rings. The van der Waals surface area contributed by atoms with Gasteiger partial charge in [0.1, 0.15) is 0 Å². The topological polar surface area (TPSA) is 465 Å². The first-order chi connectivity index (χ1) is 51.1. The first-order valence-electron chi connectivity index (χ1n) is 34.0. The summed E-state index contributed by atoms with van der Waals surface area (Å²) >= 11 is 0. The van der Waals surface area contributed by atoms with Gasteiger partial charge in [-0.3, -0.25) is 86.9 Å². The van der Waals surface area contributed by atoms with Crippen molar-refractivity contribution < 1.29 is 294 Å². The second-order valence-electron chi connectivity index (χ2n) is 29.1. The van der Waals surface area contributed by atoms with Crippen LogP contribution in [0.1, 0.15) is 301 Å². The van der Waals surface area contributed by atoms with E-state index in [1.54, 1.807) is 0 Å². The summed E-state index contributed by atoms with van der Waals surface area (Å²) in [5.74, 6) is -32.7. The average Bonchev–Trinajstić information content (AvgIpc) is 0.810. The maximum Gasteiger partial charge on any atom is 1.00 e. The van der Waals surface area contributed by atoms with Crippen molar-refractivity contribution in [1.82, 2.24) is 29.4 Å². The molecule has 0 spiro atoms. The summed E-state index contributed by atoms with van der Waals surface area (Å²) in [5.41, 5.74) is -0.295. The van der Waals surface area contributed by atoms with Gasteiger partial charge in [0, 0.05) is 35.5 Å². The number of carboxylic acids is 6. The molecule has 9 aliphatic carbocycles. The first kappa shape index (κ1) is 84.1. The second kappa shape index (κ2) is 27.9. The van der Waals surface area contributed by atoms with Crippen LogP contribution in [0.5, 0.6) is 0 Å². The van der Waals surface area contributed by atoms with Crippen molar-refractivity contribution >= 4 is 107 Å². The van der Waals surface area contributed by atoms with Crippen LogP contribution in [-0.4, -0.2) is 172 Å². The molecule has 114 heavy (non-hydrogen) atoms. The minimum absolute atomic E-state index is 0. The van der Waals surface area contributed by atoms with Crippen molar-refractivity contribution in [2.45, 2.75) is 113 Å². The van der Waals surface area contributed by atoms with Crippen molar-refractivity contribution in [3.63, 3.8) is 0 Å². The molecule has 0 saturated heterocycles. The number of hydrogen-bond acceptors (Lipinski definition) is 24. The van der Waals surface area contributed by atoms with Crippen LogP contribution < -0.4 is 208 Å². The third kappa shape index (κ3) is 10.3. The molecule has 0 N–H and O–H groups in total. The Morgan fingerprint density at radius 1 is 0.202 bits per heavy atom. The minimum Gasteiger partial charge on any atom is -0.548 e. The van der Waals surface area contributed by atoms with Crippen LogP contribution in [0.4, 0.5) is 0 Å². The number of hydrogen-bond donors (Lipinski definition) is 0. The van der Waals surface area contributed by atoms with Gasteiger partial charge in [0.2, 0.25) is 0 Å². The van der Waals surface area contributed by atoms with Crippen molar-refractivity contribution in [3.05, 3.63) is 240 Å². The van der Waals surface area contributed by atoms with Crippen LogP contribution in [0.15, 0.2) is 72.8 Å². The molecule has 0 fully saturated rings. The monoisotopic (exact) mass is 1580 g/mol. The van der Waals surface area contributed by atoms with Gasteiger partial charge in [-0.2, -0.15) is 0 Å². The van der Waals surface area contributed by atoms with Crippen LogP contribution >= 0.6 is 0 Å². The second-order valence-corrected chi connectivity index (χ2v) is 29.1. The molecular formula is C78H42N6Na6O24. The molecule has 0 unspecified atom stereocenters. The number of carbonyl (C=O) groups excluding carboxylic acids is 18. The molecule has 0 saturated carbocycles. The van der Waals surface area contributed by atoms with Crippen LogP contribution in [-0.2, 0) is 28.8 Å². The van der Waals surface area contributed by atoms with Gasteiger partial charge >= 0.3 is 177 Å². The number of benzene rings is 7. The molecule has 30 nitrogen and oxygen atoms in total. The Morgan fingerprint density at radius 3 is 0.351 bits per heavy atom. The van der Waals surface area contributed by atoms with E-state index in [2.05, 4.69) is 0 Å². The van der Waals surface area contributed by atoms with Crippen molar-refractivity contribution in [3.8, 4) is 0 Å². The molecule has 6 atom stereocenters. The van der Waals surface area contributed by atoms with Gasteiger partial charge in [-0.25, -0.2) is 0 Å². The third-order valence-corrected chi connectivity index (χ3v) is 24.3. The summed E-state index contributed by atoms with van der Waals surface area (Å²) in [6.45, 7) is 6.26. The van der Waals surface area contributed by atoms with Crippen LogP contribution in [0.2, 0.25) is 0 Å². The largest absolute Gasteiger partial charge is 1.00 e. The van der Waals surface area contributed by atoms with Crippen molar-refractivity contribution in [1.29, 1.82) is 0 Å². The summed E-state index contributed by atoms with van der Waals surface area (Å²) < 4.78 is 0. The molecular weight excluding hydrogens is 1540 g/mol. The number of rotatable bonds is 12. The van der Waals surface area contributed by atoms with Crippen molar-refractivity contribution in [2.24, 2.45) is 0 Å². The number of nitrogens with zero attached hydrogens (tertiary/aromatic N) is 6. The fourth-order valence-corrected chi connectivity index (χ4v) is 19.4. The molecule has 6 heterocycles. The number of carboxylic acid groups (broad SMARTS) is 6. The zero-order chi connectivity index (χ0) is 76.6. The molecule has 12 amide bonds. The molecule has 6 bridgehead atoms. The van der Waals surface area contributed by atoms with Gasteiger partial charge in [0.15, 0.2) is 0 Å². The number of fused-ring (bicyclic) bond motifs is 6. The zero-order valence-corrected chi connectivity index (χ0v) is 74.3. The summed E-state index contributed by atoms with van der Waals surface area (Å²) in [5, 5.41) is 76.0. The number of aliphatic carboxylic acids is 6. The number of carbonyl (C=O) groups is 18. The van der Waals surface area contributed by atoms with E-state index in [4.69, 9.17) is 0 Å². The Kier molecular flexibility index (Phi) is 20.6. The van der Waals surface area contributed by atoms with Gasteiger partial charge in [-0.15, -0.1) is 0 Å². The molecule has 0 radical (unpaired) electrons. The van der Waals surface area contributed by atoms with E-state index in [1.165, 1.54) is 72.8 Å². The van der Waals surface area contributed by atoms with E-state index in [-0.39, 0.29) is 344 Å². The van der Waals surface area contributed by atoms with Crippen LogP contribution in [0.3, 0.4) is 0 Å². The standard InChI is InChI=1S/C78H48N6O24.6Na/c1-19(73(97)98)79-61(85)37-7-25-26(8-38(37)62(79)86)50-28-10-40-39(63(87)80(64(40)88)20(2)74(99)100)9-27(28)49(25)55-56(50)58-52-31-13-43-47(71(95)83(67(43)91)23(5)77(105)106)17-35(31)54(36-18-48-44(14-32(36)52)68(92)84(72(48)96)24(6)78(107)108)60(58)59-53-33-15-45-41(65(89)81(69(45)93)21(3)75(101)102)11-29(33)51(57(55)59)30-12-42-46(16-34(30)53)70(94)82(66(42)90)22(4)76(103)104;;;;;;/h7-24,49-54H,1-6H3,(H,97,98)(H,99,100)(H,101,102)(H,103,104)(H,105,106)(H,107,108);;;;;;/q;6*+1/p-6/t19-,20-,21-,22-,23-,24-,49?,50?,51?,52?,53?,54?;;;;;;/m0....../s1. The smallest absolute Gasteiger partial charge is 0.548 e. The summed E-state index contributed by atoms with van der Waals surface area (Å²) in [4.78, 5) is 258. The van der Waals surface area contributed by atoms with Gasteiger partial charge in [0.05, 0.1) is 139 Å². The predicted octanol–water partition coefficient (Wildman–Crippen LogP) is -20.9. The summed E-state index contributed by atoms with van der Waals surface area (Å²) in [6, 6.07) is 5.04. The van der Waals surface area contributed by atoms with Gasteiger partial charge in [-0.1, -0.05) is 0 Å². The van der Waals surface area contributed by atoms with E-state index in [1.807, 2.05) is 0 Å². The minimum atomic E-state index is -1.88. The van der Waals surface area contributed by atoms with E-state index in [0.29, 0.717) is 29.4 Å². The molecule has 7 aromatic rings. The molecule has 0 aromatic heterocycles. The maximum absolute atomic E-state index is 14.9. The third-order valence-electron chi connectivity index (χ3n) is 24.3. The van der Waals surface area contributed by atoms with Gasteiger partial charge in [-0.05, 0) is 214 Å². The fraction of sp³-hybridized carbons (Fsp3) is 0.231. The number of amides is 12. The van der Waals surface area contributed by atoms with E-state index in [9.17, 15) is 117 Å². The van der Waals surface area contributed by atoms with E-state index >= 15 is 0 Å². The Labute approximate surface area is 774 Å². The molecule has 6 aliphatic heterocycles.